The molecule has 0 saturated carbocycles. The molecule has 0 aliphatic carbocycles. The summed E-state index contributed by atoms with van der Waals surface area (Å²) in [5.41, 5.74) is 2.74. The minimum absolute atomic E-state index is 0.109. The Kier molecular flexibility index (Phi) is 7.87. The standard InChI is InChI=1S/C26H33N3O4/c1-19-10-8-14-22(26(32)33-4)24(19)27-23(30)18-29(16-20-11-6-5-7-12-20)15-9-13-21(17-29)25(31)28(2)3/h5-8,10-12,14,21H,9,13,15-18H2,1-4H3/p+1. The lowest BCUT2D eigenvalue weighted by molar-refractivity contribution is -0.940. The van der Waals surface area contributed by atoms with Crippen molar-refractivity contribution < 1.29 is 23.6 Å². The molecule has 1 N–H and O–H groups in total. The molecule has 2 atom stereocenters. The van der Waals surface area contributed by atoms with Gasteiger partial charge in [-0.2, -0.15) is 0 Å². The molecular weight excluding hydrogens is 418 g/mol. The zero-order chi connectivity index (χ0) is 24.0. The van der Waals surface area contributed by atoms with E-state index in [-0.39, 0.29) is 24.3 Å². The van der Waals surface area contributed by atoms with Crippen LogP contribution in [0.1, 0.15) is 34.3 Å². The number of likely N-dealkylation sites (tertiary alicyclic amines) is 1. The number of carbonyl (C=O) groups excluding carboxylic acids is 3. The monoisotopic (exact) mass is 452 g/mol. The van der Waals surface area contributed by atoms with E-state index >= 15 is 0 Å². The zero-order valence-electron chi connectivity index (χ0n) is 20.0. The summed E-state index contributed by atoms with van der Waals surface area (Å²) in [4.78, 5) is 40.0. The molecule has 3 rings (SSSR count). The van der Waals surface area contributed by atoms with Crippen LogP contribution in [-0.4, -0.2) is 68.0 Å². The van der Waals surface area contributed by atoms with Gasteiger partial charge in [-0.1, -0.05) is 42.5 Å². The van der Waals surface area contributed by atoms with Crippen molar-refractivity contribution in [3.8, 4) is 0 Å². The second-order valence-electron chi connectivity index (χ2n) is 9.16. The number of rotatable bonds is 7. The smallest absolute Gasteiger partial charge is 0.339 e. The molecule has 2 amide bonds. The number of para-hydroxylation sites is 1. The van der Waals surface area contributed by atoms with Gasteiger partial charge in [0.05, 0.1) is 37.4 Å². The van der Waals surface area contributed by atoms with Crippen LogP contribution < -0.4 is 5.32 Å². The Morgan fingerprint density at radius 3 is 2.48 bits per heavy atom. The van der Waals surface area contributed by atoms with Gasteiger partial charge in [0, 0.05) is 19.7 Å². The van der Waals surface area contributed by atoms with Gasteiger partial charge >= 0.3 is 5.97 Å². The number of ether oxygens (including phenoxy) is 1. The van der Waals surface area contributed by atoms with Crippen molar-refractivity contribution >= 4 is 23.5 Å². The van der Waals surface area contributed by atoms with Crippen LogP contribution in [0.15, 0.2) is 48.5 Å². The van der Waals surface area contributed by atoms with Gasteiger partial charge in [0.2, 0.25) is 5.91 Å². The number of esters is 1. The summed E-state index contributed by atoms with van der Waals surface area (Å²) < 4.78 is 5.39. The van der Waals surface area contributed by atoms with Gasteiger partial charge in [0.15, 0.2) is 6.54 Å². The predicted molar refractivity (Wildman–Crippen MR) is 128 cm³/mol. The van der Waals surface area contributed by atoms with Crippen molar-refractivity contribution in [1.29, 1.82) is 0 Å². The fourth-order valence-electron chi connectivity index (χ4n) is 4.80. The number of nitrogens with one attached hydrogen (secondary N) is 1. The molecule has 2 aromatic carbocycles. The van der Waals surface area contributed by atoms with Crippen molar-refractivity contribution in [2.45, 2.75) is 26.3 Å². The zero-order valence-corrected chi connectivity index (χ0v) is 20.0. The molecule has 7 nitrogen and oxygen atoms in total. The van der Waals surface area contributed by atoms with Crippen LogP contribution in [0.25, 0.3) is 0 Å². The van der Waals surface area contributed by atoms with Crippen LogP contribution >= 0.6 is 0 Å². The molecule has 7 heteroatoms. The number of anilines is 1. The van der Waals surface area contributed by atoms with Gasteiger partial charge in [-0.3, -0.25) is 9.59 Å². The van der Waals surface area contributed by atoms with E-state index in [1.165, 1.54) is 7.11 Å². The van der Waals surface area contributed by atoms with E-state index in [0.29, 0.717) is 28.8 Å². The number of hydrogen-bond donors (Lipinski definition) is 1. The normalized spacial score (nSPS) is 20.1. The van der Waals surface area contributed by atoms with E-state index in [1.807, 2.05) is 31.2 Å². The van der Waals surface area contributed by atoms with E-state index in [1.54, 1.807) is 31.1 Å². The number of quaternary nitrogens is 1. The Morgan fingerprint density at radius 1 is 1.09 bits per heavy atom. The number of amides is 2. The Balaban J connectivity index is 1.87. The largest absolute Gasteiger partial charge is 0.465 e. The number of carbonyl (C=O) groups is 3. The third-order valence-corrected chi connectivity index (χ3v) is 6.37. The second-order valence-corrected chi connectivity index (χ2v) is 9.16. The molecule has 33 heavy (non-hydrogen) atoms. The maximum absolute atomic E-state index is 13.3. The summed E-state index contributed by atoms with van der Waals surface area (Å²) in [5.74, 6) is -0.674. The average molecular weight is 453 g/mol. The minimum Gasteiger partial charge on any atom is -0.465 e. The molecule has 0 bridgehead atoms. The molecule has 2 aromatic rings. The topological polar surface area (TPSA) is 75.7 Å². The third-order valence-electron chi connectivity index (χ3n) is 6.37. The van der Waals surface area contributed by atoms with E-state index in [9.17, 15) is 14.4 Å². The number of hydrogen-bond acceptors (Lipinski definition) is 4. The van der Waals surface area contributed by atoms with Crippen molar-refractivity contribution in [2.24, 2.45) is 5.92 Å². The summed E-state index contributed by atoms with van der Waals surface area (Å²) in [7, 11) is 4.88. The quantitative estimate of drug-likeness (QED) is 0.517. The van der Waals surface area contributed by atoms with Crippen LogP contribution in [-0.2, 0) is 20.9 Å². The van der Waals surface area contributed by atoms with Crippen LogP contribution in [0, 0.1) is 12.8 Å². The van der Waals surface area contributed by atoms with Gasteiger partial charge in [-0.05, 0) is 31.4 Å². The highest BCUT2D eigenvalue weighted by Crippen LogP contribution is 2.28. The molecular formula is C26H34N3O4+. The van der Waals surface area contributed by atoms with Gasteiger partial charge < -0.3 is 19.4 Å². The van der Waals surface area contributed by atoms with Gasteiger partial charge in [-0.25, -0.2) is 4.79 Å². The maximum atomic E-state index is 13.3. The Labute approximate surface area is 195 Å². The fraction of sp³-hybridized carbons (Fsp3) is 0.423. The molecule has 0 aromatic heterocycles. The number of methoxy groups -OCH3 is 1. The predicted octanol–water partition coefficient (Wildman–Crippen LogP) is 3.24. The van der Waals surface area contributed by atoms with Crippen molar-refractivity contribution in [3.05, 3.63) is 65.2 Å². The second kappa shape index (κ2) is 10.6. The van der Waals surface area contributed by atoms with Gasteiger partial charge in [0.25, 0.3) is 5.91 Å². The molecule has 2 unspecified atom stereocenters. The number of nitrogens with zero attached hydrogens (tertiary/aromatic N) is 2. The lowest BCUT2D eigenvalue weighted by Gasteiger charge is -2.44. The molecule has 0 radical (unpaired) electrons. The first kappa shape index (κ1) is 24.5. The number of benzene rings is 2. The third kappa shape index (κ3) is 5.99. The van der Waals surface area contributed by atoms with Crippen molar-refractivity contribution in [3.63, 3.8) is 0 Å². The Hall–Kier alpha value is -3.19. The van der Waals surface area contributed by atoms with Crippen LogP contribution in [0.3, 0.4) is 0 Å². The molecule has 1 fully saturated rings. The van der Waals surface area contributed by atoms with E-state index < -0.39 is 5.97 Å². The maximum Gasteiger partial charge on any atom is 0.339 e. The summed E-state index contributed by atoms with van der Waals surface area (Å²) in [5, 5.41) is 2.97. The Morgan fingerprint density at radius 2 is 1.82 bits per heavy atom. The first-order chi connectivity index (χ1) is 15.7. The van der Waals surface area contributed by atoms with E-state index in [0.717, 1.165) is 30.5 Å². The first-order valence-corrected chi connectivity index (χ1v) is 11.3. The Bertz CT molecular complexity index is 1010. The molecule has 1 heterocycles. The van der Waals surface area contributed by atoms with Crippen LogP contribution in [0.2, 0.25) is 0 Å². The molecule has 1 aliphatic heterocycles. The summed E-state index contributed by atoms with van der Waals surface area (Å²) in [6.45, 7) is 4.17. The fourth-order valence-corrected chi connectivity index (χ4v) is 4.80. The van der Waals surface area contributed by atoms with Crippen LogP contribution in [0.4, 0.5) is 5.69 Å². The minimum atomic E-state index is -0.489. The molecule has 1 aliphatic rings. The SMILES string of the molecule is COC(=O)c1cccc(C)c1NC(=O)C[N+]1(Cc2ccccc2)CCCC(C(=O)N(C)C)C1. The lowest BCUT2D eigenvalue weighted by Crippen LogP contribution is -2.58. The van der Waals surface area contributed by atoms with Crippen LogP contribution in [0.5, 0.6) is 0 Å². The summed E-state index contributed by atoms with van der Waals surface area (Å²) >= 11 is 0. The lowest BCUT2D eigenvalue weighted by atomic mass is 9.93. The molecule has 0 spiro atoms. The van der Waals surface area contributed by atoms with Crippen molar-refractivity contribution in [1.82, 2.24) is 4.90 Å². The average Bonchev–Trinajstić information content (AvgIpc) is 2.79. The highest BCUT2D eigenvalue weighted by molar-refractivity contribution is 6.02. The molecule has 176 valence electrons. The van der Waals surface area contributed by atoms with Crippen molar-refractivity contribution in [2.75, 3.05) is 46.2 Å². The van der Waals surface area contributed by atoms with Gasteiger partial charge in [-0.15, -0.1) is 0 Å². The first-order valence-electron chi connectivity index (χ1n) is 11.3. The number of piperidine rings is 1. The summed E-state index contributed by atoms with van der Waals surface area (Å²) in [6, 6.07) is 15.4. The van der Waals surface area contributed by atoms with Gasteiger partial charge in [0.1, 0.15) is 6.54 Å². The highest BCUT2D eigenvalue weighted by atomic mass is 16.5. The molecule has 1 saturated heterocycles. The van der Waals surface area contributed by atoms with E-state index in [4.69, 9.17) is 4.74 Å². The summed E-state index contributed by atoms with van der Waals surface area (Å²) in [6.07, 6.45) is 1.71. The van der Waals surface area contributed by atoms with E-state index in [2.05, 4.69) is 17.4 Å². The number of aryl methyl sites for hydroxylation is 1. The highest BCUT2D eigenvalue weighted by Gasteiger charge is 2.40.